The van der Waals surface area contributed by atoms with Crippen molar-refractivity contribution in [1.82, 2.24) is 14.8 Å². The Morgan fingerprint density at radius 1 is 1.07 bits per heavy atom. The monoisotopic (exact) mass is 401 g/mol. The Morgan fingerprint density at radius 3 is 2.67 bits per heavy atom. The van der Waals surface area contributed by atoms with Crippen LogP contribution in [0, 0.1) is 12.8 Å². The maximum absolute atomic E-state index is 13.0. The lowest BCUT2D eigenvalue weighted by atomic mass is 9.90. The summed E-state index contributed by atoms with van der Waals surface area (Å²) in [5.74, 6) is 1.02. The number of hydrogen-bond donors (Lipinski definition) is 1. The zero-order chi connectivity index (χ0) is 20.5. The van der Waals surface area contributed by atoms with Gasteiger partial charge < -0.3 is 9.88 Å². The number of aromatic nitrogens is 1. The van der Waals surface area contributed by atoms with Crippen LogP contribution in [0.25, 0.3) is 10.9 Å². The molecule has 3 aromatic rings. The second-order valence-electron chi connectivity index (χ2n) is 9.11. The minimum atomic E-state index is 0.282. The van der Waals surface area contributed by atoms with E-state index in [9.17, 15) is 4.79 Å². The first-order valence-corrected chi connectivity index (χ1v) is 11.3. The number of likely N-dealkylation sites (tertiary alicyclic amines) is 1. The minimum Gasteiger partial charge on any atom is -0.358 e. The zero-order valence-electron chi connectivity index (χ0n) is 17.9. The van der Waals surface area contributed by atoms with Crippen molar-refractivity contribution in [2.45, 2.75) is 39.2 Å². The van der Waals surface area contributed by atoms with Gasteiger partial charge in [0.1, 0.15) is 0 Å². The van der Waals surface area contributed by atoms with E-state index in [1.165, 1.54) is 46.1 Å². The van der Waals surface area contributed by atoms with Crippen molar-refractivity contribution in [3.63, 3.8) is 0 Å². The summed E-state index contributed by atoms with van der Waals surface area (Å²) in [5, 5.41) is 1.28. The molecule has 1 aromatic heterocycles. The average Bonchev–Trinajstić information content (AvgIpc) is 3.13. The normalized spacial score (nSPS) is 18.0. The summed E-state index contributed by atoms with van der Waals surface area (Å²) in [7, 11) is 0. The maximum atomic E-state index is 13.0. The van der Waals surface area contributed by atoms with Crippen LogP contribution in [0.2, 0.25) is 0 Å². The summed E-state index contributed by atoms with van der Waals surface area (Å²) in [6.45, 7) is 6.33. The van der Waals surface area contributed by atoms with Gasteiger partial charge >= 0.3 is 0 Å². The molecule has 4 heteroatoms. The van der Waals surface area contributed by atoms with Gasteiger partial charge in [0.25, 0.3) is 0 Å². The van der Waals surface area contributed by atoms with Gasteiger partial charge in [0.15, 0.2) is 0 Å². The second-order valence-corrected chi connectivity index (χ2v) is 9.11. The van der Waals surface area contributed by atoms with Crippen molar-refractivity contribution >= 4 is 16.8 Å². The Balaban J connectivity index is 1.17. The van der Waals surface area contributed by atoms with E-state index in [1.807, 2.05) is 0 Å². The fourth-order valence-corrected chi connectivity index (χ4v) is 5.13. The van der Waals surface area contributed by atoms with Gasteiger partial charge in [-0.05, 0) is 62.9 Å². The van der Waals surface area contributed by atoms with Crippen LogP contribution in [0.15, 0.2) is 48.5 Å². The molecule has 3 heterocycles. The van der Waals surface area contributed by atoms with Crippen molar-refractivity contribution < 1.29 is 4.79 Å². The minimum absolute atomic E-state index is 0.282. The number of nitrogens with zero attached hydrogens (tertiary/aromatic N) is 2. The van der Waals surface area contributed by atoms with Crippen LogP contribution >= 0.6 is 0 Å². The number of fused-ring (bicyclic) bond motifs is 3. The van der Waals surface area contributed by atoms with E-state index in [2.05, 4.69) is 70.2 Å². The first-order chi connectivity index (χ1) is 14.7. The quantitative estimate of drug-likeness (QED) is 0.707. The molecule has 0 saturated carbocycles. The molecule has 5 rings (SSSR count). The van der Waals surface area contributed by atoms with E-state index in [0.29, 0.717) is 6.54 Å². The molecular weight excluding hydrogens is 370 g/mol. The highest BCUT2D eigenvalue weighted by atomic mass is 16.2. The van der Waals surface area contributed by atoms with E-state index in [1.54, 1.807) is 0 Å². The highest BCUT2D eigenvalue weighted by molar-refractivity contribution is 5.87. The number of aromatic amines is 1. The number of amides is 1. The van der Waals surface area contributed by atoms with E-state index in [-0.39, 0.29) is 5.91 Å². The van der Waals surface area contributed by atoms with Crippen molar-refractivity contribution in [1.29, 1.82) is 0 Å². The molecule has 0 radical (unpaired) electrons. The lowest BCUT2D eigenvalue weighted by molar-refractivity contribution is -0.133. The molecule has 0 unspecified atom stereocenters. The van der Waals surface area contributed by atoms with E-state index < -0.39 is 0 Å². The van der Waals surface area contributed by atoms with Crippen LogP contribution in [0.4, 0.5) is 0 Å². The second kappa shape index (κ2) is 8.27. The topological polar surface area (TPSA) is 39.3 Å². The number of benzene rings is 2. The van der Waals surface area contributed by atoms with E-state index >= 15 is 0 Å². The number of hydrogen-bond acceptors (Lipinski definition) is 2. The number of H-pyrrole nitrogens is 1. The van der Waals surface area contributed by atoms with Gasteiger partial charge in [0.05, 0.1) is 6.54 Å². The van der Waals surface area contributed by atoms with Crippen molar-refractivity contribution in [2.75, 3.05) is 26.2 Å². The molecule has 156 valence electrons. The number of aryl methyl sites for hydroxylation is 1. The molecule has 30 heavy (non-hydrogen) atoms. The Morgan fingerprint density at radius 2 is 1.87 bits per heavy atom. The fourth-order valence-electron chi connectivity index (χ4n) is 5.13. The largest absolute Gasteiger partial charge is 0.358 e. The van der Waals surface area contributed by atoms with Crippen LogP contribution in [-0.2, 0) is 24.2 Å². The Hall–Kier alpha value is -2.59. The number of carbonyl (C=O) groups is 1. The van der Waals surface area contributed by atoms with Crippen LogP contribution in [0.1, 0.15) is 35.2 Å². The lowest BCUT2D eigenvalue weighted by Crippen LogP contribution is -2.45. The predicted molar refractivity (Wildman–Crippen MR) is 121 cm³/mol. The molecule has 2 aliphatic heterocycles. The molecule has 1 amide bonds. The van der Waals surface area contributed by atoms with Gasteiger partial charge in [0.2, 0.25) is 5.91 Å². The smallest absolute Gasteiger partial charge is 0.237 e. The molecule has 0 bridgehead atoms. The van der Waals surface area contributed by atoms with Crippen LogP contribution in [-0.4, -0.2) is 46.9 Å². The third kappa shape index (κ3) is 4.01. The summed E-state index contributed by atoms with van der Waals surface area (Å²) >= 11 is 0. The summed E-state index contributed by atoms with van der Waals surface area (Å²) in [6, 6.07) is 17.3. The molecule has 1 saturated heterocycles. The third-order valence-corrected chi connectivity index (χ3v) is 6.92. The zero-order valence-corrected chi connectivity index (χ0v) is 17.9. The molecule has 4 nitrogen and oxygen atoms in total. The highest BCUT2D eigenvalue weighted by Gasteiger charge is 2.27. The molecular formula is C26H31N3O. The number of nitrogens with one attached hydrogen (secondary N) is 1. The Kier molecular flexibility index (Phi) is 5.34. The van der Waals surface area contributed by atoms with Gasteiger partial charge in [-0.15, -0.1) is 0 Å². The molecule has 2 aliphatic rings. The van der Waals surface area contributed by atoms with Crippen LogP contribution < -0.4 is 0 Å². The number of piperidine rings is 1. The molecule has 1 fully saturated rings. The molecule has 0 atom stereocenters. The summed E-state index contributed by atoms with van der Waals surface area (Å²) in [6.07, 6.45) is 4.47. The van der Waals surface area contributed by atoms with Gasteiger partial charge in [-0.2, -0.15) is 0 Å². The molecule has 0 aliphatic carbocycles. The first kappa shape index (κ1) is 19.4. The van der Waals surface area contributed by atoms with E-state index in [0.717, 1.165) is 44.9 Å². The molecule has 0 spiro atoms. The lowest BCUT2D eigenvalue weighted by Gasteiger charge is -2.34. The third-order valence-electron chi connectivity index (χ3n) is 6.92. The summed E-state index contributed by atoms with van der Waals surface area (Å²) in [4.78, 5) is 21.0. The van der Waals surface area contributed by atoms with Crippen molar-refractivity contribution in [3.8, 4) is 0 Å². The van der Waals surface area contributed by atoms with Crippen LogP contribution in [0.3, 0.4) is 0 Å². The Labute approximate surface area is 178 Å². The van der Waals surface area contributed by atoms with Gasteiger partial charge in [-0.25, -0.2) is 0 Å². The first-order valence-electron chi connectivity index (χ1n) is 11.3. The number of carbonyl (C=O) groups excluding carboxylic acids is 1. The summed E-state index contributed by atoms with van der Waals surface area (Å²) < 4.78 is 0. The fraction of sp³-hybridized carbons (Fsp3) is 0.423. The van der Waals surface area contributed by atoms with Crippen molar-refractivity contribution in [3.05, 3.63) is 70.9 Å². The van der Waals surface area contributed by atoms with Crippen molar-refractivity contribution in [2.24, 2.45) is 5.92 Å². The van der Waals surface area contributed by atoms with Crippen LogP contribution in [0.5, 0.6) is 0 Å². The predicted octanol–water partition coefficient (Wildman–Crippen LogP) is 4.32. The highest BCUT2D eigenvalue weighted by Crippen LogP contribution is 2.29. The Bertz CT molecular complexity index is 1030. The van der Waals surface area contributed by atoms with Gasteiger partial charge in [-0.1, -0.05) is 42.0 Å². The number of rotatable bonds is 4. The summed E-state index contributed by atoms with van der Waals surface area (Å²) in [5.41, 5.74) is 6.52. The molecule has 2 aromatic carbocycles. The standard InChI is InChI=1S/C26H31N3O/c1-19-7-8-24-22(15-19)23-17-29(14-11-25(23)27-24)26(30)18-28-12-9-21(10-13-28)16-20-5-3-2-4-6-20/h2-8,15,21,27H,9-14,16-18H2,1H3. The molecule has 1 N–H and O–H groups in total. The van der Waals surface area contributed by atoms with Gasteiger partial charge in [0, 0.05) is 41.7 Å². The van der Waals surface area contributed by atoms with E-state index in [4.69, 9.17) is 0 Å². The van der Waals surface area contributed by atoms with Gasteiger partial charge in [-0.3, -0.25) is 9.69 Å². The SMILES string of the molecule is Cc1ccc2[nH]c3c(c2c1)CN(C(=O)CN1CCC(Cc2ccccc2)CC1)CC3. The maximum Gasteiger partial charge on any atom is 0.237 e. The average molecular weight is 402 g/mol.